The summed E-state index contributed by atoms with van der Waals surface area (Å²) in [6.45, 7) is 4.00. The van der Waals surface area contributed by atoms with Crippen LogP contribution in [0.4, 0.5) is 5.82 Å². The van der Waals surface area contributed by atoms with Crippen molar-refractivity contribution in [1.82, 2.24) is 23.9 Å². The van der Waals surface area contributed by atoms with Crippen molar-refractivity contribution in [2.45, 2.75) is 57.1 Å². The average molecular weight is 419 g/mol. The minimum atomic E-state index is -0.585. The molecule has 4 atom stereocenters. The lowest BCUT2D eigenvalue weighted by molar-refractivity contribution is -0.160. The van der Waals surface area contributed by atoms with Crippen molar-refractivity contribution in [3.05, 3.63) is 54.9 Å². The van der Waals surface area contributed by atoms with Gasteiger partial charge in [-0.3, -0.25) is 0 Å². The molecule has 1 saturated carbocycles. The smallest absolute Gasteiger partial charge is 0.163 e. The van der Waals surface area contributed by atoms with Gasteiger partial charge in [0.15, 0.2) is 5.79 Å². The lowest BCUT2D eigenvalue weighted by atomic mass is 9.96. The first kappa shape index (κ1) is 18.8. The van der Waals surface area contributed by atoms with Gasteiger partial charge in [-0.05, 0) is 62.8 Å². The molecule has 1 aliphatic heterocycles. The maximum absolute atomic E-state index is 6.39. The Morgan fingerprint density at radius 1 is 1.10 bits per heavy atom. The van der Waals surface area contributed by atoms with E-state index in [4.69, 9.17) is 15.2 Å². The van der Waals surface area contributed by atoms with Gasteiger partial charge in [0.05, 0.1) is 17.5 Å². The number of rotatable bonds is 4. The molecule has 6 rings (SSSR count). The molecule has 8 heteroatoms. The molecule has 2 aliphatic rings. The van der Waals surface area contributed by atoms with E-state index in [1.165, 1.54) is 11.9 Å². The Kier molecular flexibility index (Phi) is 4.10. The second kappa shape index (κ2) is 6.77. The van der Waals surface area contributed by atoms with Crippen LogP contribution in [0.25, 0.3) is 16.7 Å². The van der Waals surface area contributed by atoms with Gasteiger partial charge in [-0.2, -0.15) is 0 Å². The molecule has 0 spiro atoms. The molecule has 1 aliphatic carbocycles. The first-order valence-electron chi connectivity index (χ1n) is 10.8. The fraction of sp³-hybridized carbons (Fsp3) is 0.435. The monoisotopic (exact) mass is 418 g/mol. The first-order valence-corrected chi connectivity index (χ1v) is 10.8. The number of aromatic nitrogens is 5. The molecule has 2 fully saturated rings. The number of nitrogens with two attached hydrogens (primary N) is 1. The van der Waals surface area contributed by atoms with Gasteiger partial charge in [0.2, 0.25) is 0 Å². The molecule has 2 N–H and O–H groups in total. The summed E-state index contributed by atoms with van der Waals surface area (Å²) in [6.07, 6.45) is 12.5. The van der Waals surface area contributed by atoms with E-state index in [9.17, 15) is 0 Å². The molecule has 1 unspecified atom stereocenters. The van der Waals surface area contributed by atoms with E-state index in [0.717, 1.165) is 35.9 Å². The highest BCUT2D eigenvalue weighted by Crippen LogP contribution is 2.49. The molecule has 0 amide bonds. The van der Waals surface area contributed by atoms with Crippen LogP contribution in [0, 0.1) is 5.92 Å². The molecule has 0 radical (unpaired) electrons. The summed E-state index contributed by atoms with van der Waals surface area (Å²) in [5.74, 6) is 0.315. The maximum atomic E-state index is 6.39. The third kappa shape index (κ3) is 3.09. The Morgan fingerprint density at radius 3 is 2.87 bits per heavy atom. The van der Waals surface area contributed by atoms with Crippen LogP contribution in [0.15, 0.2) is 49.3 Å². The van der Waals surface area contributed by atoms with Crippen LogP contribution in [0.1, 0.15) is 38.3 Å². The molecular formula is C23H26N6O2. The number of ether oxygens (including phenoxy) is 2. The van der Waals surface area contributed by atoms with Crippen LogP contribution in [0.3, 0.4) is 0 Å². The zero-order chi connectivity index (χ0) is 21.2. The van der Waals surface area contributed by atoms with E-state index < -0.39 is 5.79 Å². The van der Waals surface area contributed by atoms with E-state index in [2.05, 4.69) is 44.0 Å². The molecule has 160 valence electrons. The van der Waals surface area contributed by atoms with Crippen LogP contribution < -0.4 is 5.73 Å². The van der Waals surface area contributed by atoms with Gasteiger partial charge < -0.3 is 24.2 Å². The highest BCUT2D eigenvalue weighted by atomic mass is 16.8. The molecule has 4 aromatic heterocycles. The fourth-order valence-electron chi connectivity index (χ4n) is 5.33. The largest absolute Gasteiger partial charge is 0.383 e. The van der Waals surface area contributed by atoms with Crippen LogP contribution >= 0.6 is 0 Å². The molecular weight excluding hydrogens is 392 g/mol. The summed E-state index contributed by atoms with van der Waals surface area (Å²) in [6, 6.07) is 6.48. The van der Waals surface area contributed by atoms with Crippen LogP contribution in [-0.2, 0) is 15.9 Å². The van der Waals surface area contributed by atoms with E-state index in [1.807, 2.05) is 36.7 Å². The predicted octanol–water partition coefficient (Wildman–Crippen LogP) is 3.38. The normalized spacial score (nSPS) is 27.3. The van der Waals surface area contributed by atoms with Crippen molar-refractivity contribution >= 4 is 22.5 Å². The summed E-state index contributed by atoms with van der Waals surface area (Å²) in [5.41, 5.74) is 9.20. The lowest BCUT2D eigenvalue weighted by Gasteiger charge is -2.24. The number of anilines is 1. The highest BCUT2D eigenvalue weighted by molar-refractivity contribution is 5.86. The fourth-order valence-corrected chi connectivity index (χ4v) is 5.33. The Hall–Kier alpha value is -2.97. The van der Waals surface area contributed by atoms with Crippen molar-refractivity contribution < 1.29 is 9.47 Å². The Morgan fingerprint density at radius 2 is 1.97 bits per heavy atom. The van der Waals surface area contributed by atoms with Gasteiger partial charge in [0.1, 0.15) is 29.5 Å². The molecule has 8 nitrogen and oxygen atoms in total. The molecule has 0 bridgehead atoms. The lowest BCUT2D eigenvalue weighted by Crippen LogP contribution is -2.27. The van der Waals surface area contributed by atoms with Gasteiger partial charge in [0.25, 0.3) is 0 Å². The zero-order valence-electron chi connectivity index (χ0n) is 17.7. The van der Waals surface area contributed by atoms with E-state index in [-0.39, 0.29) is 18.2 Å². The molecule has 5 heterocycles. The van der Waals surface area contributed by atoms with Crippen molar-refractivity contribution in [2.24, 2.45) is 5.92 Å². The topological polar surface area (TPSA) is 92.5 Å². The predicted molar refractivity (Wildman–Crippen MR) is 116 cm³/mol. The van der Waals surface area contributed by atoms with Crippen molar-refractivity contribution in [3.63, 3.8) is 0 Å². The zero-order valence-corrected chi connectivity index (χ0v) is 17.7. The standard InChI is InChI=1S/C23H26N6O2/c1-23(2)30-19-15(4-3-14-5-8-28-10-7-25-18(28)11-14)12-17(20(19)31-23)29-9-6-16-21(24)26-13-27-22(16)29/h5-11,13,15,17,19-20H,3-4,12H2,1-2H3,(H2,24,26,27)/t15?,17-,19-,20+/m1/s1. The van der Waals surface area contributed by atoms with E-state index in [0.29, 0.717) is 11.7 Å². The summed E-state index contributed by atoms with van der Waals surface area (Å²) in [7, 11) is 0. The number of nitrogens with zero attached hydrogens (tertiary/aromatic N) is 5. The van der Waals surface area contributed by atoms with Crippen LogP contribution in [0.5, 0.6) is 0 Å². The molecule has 1 saturated heterocycles. The van der Waals surface area contributed by atoms with Gasteiger partial charge in [0, 0.05) is 24.8 Å². The maximum Gasteiger partial charge on any atom is 0.163 e. The van der Waals surface area contributed by atoms with Gasteiger partial charge >= 0.3 is 0 Å². The third-order valence-corrected chi connectivity index (χ3v) is 6.72. The van der Waals surface area contributed by atoms with Gasteiger partial charge in [-0.25, -0.2) is 15.0 Å². The van der Waals surface area contributed by atoms with E-state index in [1.54, 1.807) is 0 Å². The minimum absolute atomic E-state index is 0.0124. The highest BCUT2D eigenvalue weighted by Gasteiger charge is 2.54. The molecule has 31 heavy (non-hydrogen) atoms. The SMILES string of the molecule is CC1(C)O[C@@H]2[C@H](O1)C(CCc1ccn3ccnc3c1)C[C@H]2n1ccc2c(N)ncnc21. The second-order valence-electron chi connectivity index (χ2n) is 9.11. The van der Waals surface area contributed by atoms with Crippen molar-refractivity contribution in [2.75, 3.05) is 5.73 Å². The molecule has 4 aromatic rings. The number of hydrogen-bond acceptors (Lipinski definition) is 6. The number of fused-ring (bicyclic) bond motifs is 3. The number of aryl methyl sites for hydroxylation is 1. The number of pyridine rings is 1. The Balaban J connectivity index is 1.28. The van der Waals surface area contributed by atoms with Crippen LogP contribution in [0.2, 0.25) is 0 Å². The summed E-state index contributed by atoms with van der Waals surface area (Å²) in [4.78, 5) is 13.0. The number of hydrogen-bond donors (Lipinski definition) is 1. The second-order valence-corrected chi connectivity index (χ2v) is 9.11. The third-order valence-electron chi connectivity index (χ3n) is 6.72. The quantitative estimate of drug-likeness (QED) is 0.546. The number of nitrogen functional groups attached to an aromatic ring is 1. The Bertz CT molecular complexity index is 1260. The van der Waals surface area contributed by atoms with Crippen LogP contribution in [-0.4, -0.2) is 41.9 Å². The number of imidazole rings is 1. The summed E-state index contributed by atoms with van der Waals surface area (Å²) < 4.78 is 17.0. The minimum Gasteiger partial charge on any atom is -0.383 e. The Labute approximate surface area is 180 Å². The average Bonchev–Trinajstić information content (AvgIpc) is 3.49. The first-order chi connectivity index (χ1) is 15.0. The van der Waals surface area contributed by atoms with E-state index >= 15 is 0 Å². The van der Waals surface area contributed by atoms with Crippen molar-refractivity contribution in [3.8, 4) is 0 Å². The van der Waals surface area contributed by atoms with Crippen molar-refractivity contribution in [1.29, 1.82) is 0 Å². The molecule has 0 aromatic carbocycles. The van der Waals surface area contributed by atoms with Gasteiger partial charge in [-0.1, -0.05) is 0 Å². The summed E-state index contributed by atoms with van der Waals surface area (Å²) >= 11 is 0. The summed E-state index contributed by atoms with van der Waals surface area (Å²) in [5, 5.41) is 0.883. The van der Waals surface area contributed by atoms with Gasteiger partial charge in [-0.15, -0.1) is 0 Å².